The smallest absolute Gasteiger partial charge is 0.123 e. The molecule has 0 atom stereocenters. The third-order valence-electron chi connectivity index (χ3n) is 4.07. The molecule has 0 bridgehead atoms. The molecule has 1 fully saturated rings. The zero-order valence-electron chi connectivity index (χ0n) is 12.4. The van der Waals surface area contributed by atoms with Crippen molar-refractivity contribution in [3.05, 3.63) is 53.9 Å². The van der Waals surface area contributed by atoms with Crippen LogP contribution in [0.1, 0.15) is 11.4 Å². The van der Waals surface area contributed by atoms with Crippen LogP contribution in [0.4, 0.5) is 4.39 Å². The van der Waals surface area contributed by atoms with Crippen LogP contribution >= 0.6 is 0 Å². The van der Waals surface area contributed by atoms with Crippen LogP contribution in [0.5, 0.6) is 0 Å². The zero-order valence-corrected chi connectivity index (χ0v) is 12.4. The monoisotopic (exact) mass is 288 g/mol. The van der Waals surface area contributed by atoms with E-state index in [0.717, 1.165) is 45.1 Å². The van der Waals surface area contributed by atoms with E-state index in [0.29, 0.717) is 0 Å². The summed E-state index contributed by atoms with van der Waals surface area (Å²) in [6, 6.07) is 6.81. The highest BCUT2D eigenvalue weighted by Crippen LogP contribution is 2.11. The number of imidazole rings is 1. The lowest BCUT2D eigenvalue weighted by Gasteiger charge is -2.34. The average molecular weight is 288 g/mol. The van der Waals surface area contributed by atoms with Crippen LogP contribution < -0.4 is 0 Å². The maximum absolute atomic E-state index is 12.9. The van der Waals surface area contributed by atoms with Crippen molar-refractivity contribution < 1.29 is 4.39 Å². The molecule has 1 aliphatic heterocycles. The summed E-state index contributed by atoms with van der Waals surface area (Å²) < 4.78 is 15.0. The van der Waals surface area contributed by atoms with Crippen LogP contribution in [0.3, 0.4) is 0 Å². The van der Waals surface area contributed by atoms with E-state index >= 15 is 0 Å². The fraction of sp³-hybridized carbons (Fsp3) is 0.438. The van der Waals surface area contributed by atoms with E-state index in [9.17, 15) is 4.39 Å². The molecule has 0 amide bonds. The van der Waals surface area contributed by atoms with Crippen molar-refractivity contribution in [2.75, 3.05) is 26.2 Å². The standard InChI is InChI=1S/C16H21FN4/c1-19-7-6-18-16(19)13-21-10-8-20(9-11-21)12-14-2-4-15(17)5-3-14/h2-7H,8-13H2,1H3. The first-order valence-electron chi connectivity index (χ1n) is 7.36. The van der Waals surface area contributed by atoms with Gasteiger partial charge in [-0.15, -0.1) is 0 Å². The first-order chi connectivity index (χ1) is 10.2. The lowest BCUT2D eigenvalue weighted by molar-refractivity contribution is 0.119. The average Bonchev–Trinajstić information content (AvgIpc) is 2.89. The van der Waals surface area contributed by atoms with Crippen LogP contribution in [-0.4, -0.2) is 45.5 Å². The molecule has 21 heavy (non-hydrogen) atoms. The molecule has 4 nitrogen and oxygen atoms in total. The van der Waals surface area contributed by atoms with E-state index in [1.54, 1.807) is 0 Å². The number of benzene rings is 1. The van der Waals surface area contributed by atoms with Gasteiger partial charge in [-0.2, -0.15) is 0 Å². The number of halogens is 1. The highest BCUT2D eigenvalue weighted by atomic mass is 19.1. The van der Waals surface area contributed by atoms with Gasteiger partial charge in [0.15, 0.2) is 0 Å². The van der Waals surface area contributed by atoms with Crippen LogP contribution in [0.25, 0.3) is 0 Å². The first-order valence-corrected chi connectivity index (χ1v) is 7.36. The van der Waals surface area contributed by atoms with Gasteiger partial charge in [0.25, 0.3) is 0 Å². The van der Waals surface area contributed by atoms with Crippen LogP contribution in [0.15, 0.2) is 36.7 Å². The molecule has 0 N–H and O–H groups in total. The summed E-state index contributed by atoms with van der Waals surface area (Å²) >= 11 is 0. The number of hydrogen-bond acceptors (Lipinski definition) is 3. The fourth-order valence-electron chi connectivity index (χ4n) is 2.70. The zero-order chi connectivity index (χ0) is 14.7. The fourth-order valence-corrected chi connectivity index (χ4v) is 2.70. The summed E-state index contributed by atoms with van der Waals surface area (Å²) in [4.78, 5) is 9.23. The van der Waals surface area contributed by atoms with Gasteiger partial charge in [0.2, 0.25) is 0 Å². The maximum atomic E-state index is 12.9. The minimum atomic E-state index is -0.168. The Balaban J connectivity index is 1.49. The van der Waals surface area contributed by atoms with E-state index in [4.69, 9.17) is 0 Å². The summed E-state index contributed by atoms with van der Waals surface area (Å²) in [7, 11) is 2.03. The number of aromatic nitrogens is 2. The van der Waals surface area contributed by atoms with Crippen molar-refractivity contribution in [1.29, 1.82) is 0 Å². The van der Waals surface area contributed by atoms with Gasteiger partial charge in [-0.3, -0.25) is 9.80 Å². The second kappa shape index (κ2) is 6.37. The Morgan fingerprint density at radius 2 is 1.62 bits per heavy atom. The summed E-state index contributed by atoms with van der Waals surface area (Å²) in [5.74, 6) is 0.945. The van der Waals surface area contributed by atoms with Crippen LogP contribution in [0, 0.1) is 5.82 Å². The highest BCUT2D eigenvalue weighted by Gasteiger charge is 2.18. The van der Waals surface area contributed by atoms with Gasteiger partial charge in [-0.25, -0.2) is 9.37 Å². The van der Waals surface area contributed by atoms with Gasteiger partial charge in [-0.05, 0) is 17.7 Å². The molecule has 1 aromatic carbocycles. The second-order valence-electron chi connectivity index (χ2n) is 5.63. The van der Waals surface area contributed by atoms with Crippen molar-refractivity contribution >= 4 is 0 Å². The number of rotatable bonds is 4. The maximum Gasteiger partial charge on any atom is 0.123 e. The quantitative estimate of drug-likeness (QED) is 0.858. The molecule has 0 saturated carbocycles. The van der Waals surface area contributed by atoms with Gasteiger partial charge in [-0.1, -0.05) is 12.1 Å². The van der Waals surface area contributed by atoms with E-state index in [-0.39, 0.29) is 5.82 Å². The van der Waals surface area contributed by atoms with E-state index in [1.165, 1.54) is 17.7 Å². The van der Waals surface area contributed by atoms with Gasteiger partial charge in [0, 0.05) is 52.2 Å². The van der Waals surface area contributed by atoms with Crippen molar-refractivity contribution in [1.82, 2.24) is 19.4 Å². The summed E-state index contributed by atoms with van der Waals surface area (Å²) in [6.45, 7) is 6.00. The molecule has 1 aromatic heterocycles. The van der Waals surface area contributed by atoms with Crippen molar-refractivity contribution in [2.24, 2.45) is 7.05 Å². The topological polar surface area (TPSA) is 24.3 Å². The molecule has 5 heteroatoms. The molecule has 2 aromatic rings. The van der Waals surface area contributed by atoms with E-state index < -0.39 is 0 Å². The number of hydrogen-bond donors (Lipinski definition) is 0. The molecule has 0 spiro atoms. The normalized spacial score (nSPS) is 17.2. The molecule has 3 rings (SSSR count). The van der Waals surface area contributed by atoms with Crippen molar-refractivity contribution in [3.63, 3.8) is 0 Å². The van der Waals surface area contributed by atoms with Crippen LogP contribution in [-0.2, 0) is 20.1 Å². The Hall–Kier alpha value is -1.72. The molecular formula is C16H21FN4. The predicted molar refractivity (Wildman–Crippen MR) is 80.2 cm³/mol. The third-order valence-corrected chi connectivity index (χ3v) is 4.07. The largest absolute Gasteiger partial charge is 0.337 e. The number of aryl methyl sites for hydroxylation is 1. The number of nitrogens with zero attached hydrogens (tertiary/aromatic N) is 4. The first kappa shape index (κ1) is 14.2. The molecule has 2 heterocycles. The third kappa shape index (κ3) is 3.68. The van der Waals surface area contributed by atoms with Crippen molar-refractivity contribution in [3.8, 4) is 0 Å². The van der Waals surface area contributed by atoms with Gasteiger partial charge >= 0.3 is 0 Å². The Kier molecular flexibility index (Phi) is 4.31. The van der Waals surface area contributed by atoms with Crippen molar-refractivity contribution in [2.45, 2.75) is 13.1 Å². The van der Waals surface area contributed by atoms with E-state index in [1.807, 2.05) is 31.6 Å². The lowest BCUT2D eigenvalue weighted by atomic mass is 10.2. The van der Waals surface area contributed by atoms with E-state index in [2.05, 4.69) is 19.4 Å². The Morgan fingerprint density at radius 1 is 1.00 bits per heavy atom. The summed E-state index contributed by atoms with van der Waals surface area (Å²) in [6.07, 6.45) is 3.83. The molecule has 0 aliphatic carbocycles. The molecule has 0 unspecified atom stereocenters. The van der Waals surface area contributed by atoms with Gasteiger partial charge < -0.3 is 4.57 Å². The van der Waals surface area contributed by atoms with Gasteiger partial charge in [0.1, 0.15) is 11.6 Å². The van der Waals surface area contributed by atoms with Crippen LogP contribution in [0.2, 0.25) is 0 Å². The second-order valence-corrected chi connectivity index (χ2v) is 5.63. The molecule has 1 aliphatic rings. The van der Waals surface area contributed by atoms with Gasteiger partial charge in [0.05, 0.1) is 6.54 Å². The Labute approximate surface area is 124 Å². The molecule has 1 saturated heterocycles. The lowest BCUT2D eigenvalue weighted by Crippen LogP contribution is -2.45. The highest BCUT2D eigenvalue weighted by molar-refractivity contribution is 5.16. The molecule has 0 radical (unpaired) electrons. The summed E-state index contributed by atoms with van der Waals surface area (Å²) in [5, 5.41) is 0. The SMILES string of the molecule is Cn1ccnc1CN1CCN(Cc2ccc(F)cc2)CC1. The molecule has 112 valence electrons. The predicted octanol–water partition coefficient (Wildman–Crippen LogP) is 1.88. The minimum absolute atomic E-state index is 0.168. The Bertz CT molecular complexity index is 570. The minimum Gasteiger partial charge on any atom is -0.337 e. The Morgan fingerprint density at radius 3 is 2.19 bits per heavy atom. The number of piperazine rings is 1. The molecular weight excluding hydrogens is 267 g/mol. The summed E-state index contributed by atoms with van der Waals surface area (Å²) in [5.41, 5.74) is 1.17.